The molecule has 2 heterocycles. The second kappa shape index (κ2) is 9.19. The van der Waals surface area contributed by atoms with Gasteiger partial charge in [-0.25, -0.2) is 4.98 Å². The zero-order valence-electron chi connectivity index (χ0n) is 16.5. The summed E-state index contributed by atoms with van der Waals surface area (Å²) in [6.07, 6.45) is 0. The first-order chi connectivity index (χ1) is 14.6. The molecule has 2 aromatic heterocycles. The standard InChI is InChI=1S/C21H19N5O2S2/c1-14-8-9-15(2)18(10-14)26-21(23-24-25-26)30-13-19(27)28-11-17-12-29-20(22-17)16-6-4-3-5-7-16/h3-10,12H,11,13H2,1-2H3. The van der Waals surface area contributed by atoms with E-state index in [2.05, 4.69) is 20.5 Å². The zero-order valence-corrected chi connectivity index (χ0v) is 18.1. The molecule has 0 amide bonds. The fraction of sp³-hybridized carbons (Fsp3) is 0.190. The van der Waals surface area contributed by atoms with Crippen LogP contribution in [0.25, 0.3) is 16.3 Å². The van der Waals surface area contributed by atoms with Crippen molar-refractivity contribution in [3.63, 3.8) is 0 Å². The van der Waals surface area contributed by atoms with Gasteiger partial charge in [0.25, 0.3) is 0 Å². The minimum atomic E-state index is -0.343. The van der Waals surface area contributed by atoms with Gasteiger partial charge in [-0.3, -0.25) is 4.79 Å². The van der Waals surface area contributed by atoms with Gasteiger partial charge < -0.3 is 4.74 Å². The van der Waals surface area contributed by atoms with E-state index in [9.17, 15) is 4.79 Å². The third-order valence-corrected chi connectivity index (χ3v) is 6.14. The number of tetrazole rings is 1. The Morgan fingerprint density at radius 2 is 2.00 bits per heavy atom. The lowest BCUT2D eigenvalue weighted by molar-refractivity contribution is -0.141. The number of ether oxygens (including phenoxy) is 1. The summed E-state index contributed by atoms with van der Waals surface area (Å²) in [5.74, 6) is -0.231. The number of thiazole rings is 1. The summed E-state index contributed by atoms with van der Waals surface area (Å²) in [5.41, 5.74) is 4.84. The lowest BCUT2D eigenvalue weighted by atomic mass is 10.1. The maximum absolute atomic E-state index is 12.2. The number of hydrogen-bond acceptors (Lipinski definition) is 8. The molecule has 0 N–H and O–H groups in total. The number of aryl methyl sites for hydroxylation is 2. The highest BCUT2D eigenvalue weighted by Gasteiger charge is 2.14. The normalized spacial score (nSPS) is 10.9. The minimum Gasteiger partial charge on any atom is -0.459 e. The number of esters is 1. The molecule has 4 aromatic rings. The van der Waals surface area contributed by atoms with E-state index < -0.39 is 0 Å². The summed E-state index contributed by atoms with van der Waals surface area (Å²) in [4.78, 5) is 16.7. The molecule has 0 bridgehead atoms. The number of aromatic nitrogens is 5. The Labute approximate surface area is 182 Å². The molecule has 7 nitrogen and oxygen atoms in total. The number of nitrogens with zero attached hydrogens (tertiary/aromatic N) is 5. The highest BCUT2D eigenvalue weighted by Crippen LogP contribution is 2.24. The topological polar surface area (TPSA) is 82.8 Å². The van der Waals surface area contributed by atoms with Crippen molar-refractivity contribution in [1.29, 1.82) is 0 Å². The smallest absolute Gasteiger partial charge is 0.316 e. The summed E-state index contributed by atoms with van der Waals surface area (Å²) in [6, 6.07) is 16.0. The molecule has 4 rings (SSSR count). The van der Waals surface area contributed by atoms with Crippen LogP contribution in [-0.2, 0) is 16.1 Å². The number of carbonyl (C=O) groups excluding carboxylic acids is 1. The third-order valence-electron chi connectivity index (χ3n) is 4.31. The Kier molecular flexibility index (Phi) is 6.20. The summed E-state index contributed by atoms with van der Waals surface area (Å²) in [6.45, 7) is 4.15. The van der Waals surface area contributed by atoms with Crippen LogP contribution in [0.5, 0.6) is 0 Å². The lowest BCUT2D eigenvalue weighted by Gasteiger charge is -2.08. The molecule has 0 aliphatic heterocycles. The average Bonchev–Trinajstić information content (AvgIpc) is 3.43. The number of benzene rings is 2. The van der Waals surface area contributed by atoms with Crippen LogP contribution in [0.2, 0.25) is 0 Å². The van der Waals surface area contributed by atoms with Crippen molar-refractivity contribution >= 4 is 29.1 Å². The van der Waals surface area contributed by atoms with E-state index >= 15 is 0 Å². The fourth-order valence-electron chi connectivity index (χ4n) is 2.77. The molecule has 2 aromatic carbocycles. The van der Waals surface area contributed by atoms with Gasteiger partial charge in [-0.2, -0.15) is 4.68 Å². The zero-order chi connectivity index (χ0) is 20.9. The quantitative estimate of drug-likeness (QED) is 0.316. The van der Waals surface area contributed by atoms with E-state index in [1.165, 1.54) is 23.1 Å². The Morgan fingerprint density at radius 1 is 1.17 bits per heavy atom. The molecule has 152 valence electrons. The Bertz CT molecular complexity index is 1160. The summed E-state index contributed by atoms with van der Waals surface area (Å²) < 4.78 is 7.02. The van der Waals surface area contributed by atoms with E-state index in [1.807, 2.05) is 67.8 Å². The van der Waals surface area contributed by atoms with Crippen LogP contribution in [0.4, 0.5) is 0 Å². The number of thioether (sulfide) groups is 1. The molecule has 0 aliphatic carbocycles. The molecule has 0 radical (unpaired) electrons. The van der Waals surface area contributed by atoms with Gasteiger partial charge in [0.05, 0.1) is 17.1 Å². The van der Waals surface area contributed by atoms with Crippen LogP contribution >= 0.6 is 23.1 Å². The van der Waals surface area contributed by atoms with Gasteiger partial charge in [-0.1, -0.05) is 54.2 Å². The van der Waals surface area contributed by atoms with Crippen molar-refractivity contribution in [3.05, 3.63) is 70.7 Å². The average molecular weight is 438 g/mol. The third kappa shape index (κ3) is 4.74. The maximum atomic E-state index is 12.2. The molecular formula is C21H19N5O2S2. The highest BCUT2D eigenvalue weighted by atomic mass is 32.2. The minimum absolute atomic E-state index is 0.112. The van der Waals surface area contributed by atoms with Crippen molar-refractivity contribution in [3.8, 4) is 16.3 Å². The molecule has 30 heavy (non-hydrogen) atoms. The van der Waals surface area contributed by atoms with Crippen LogP contribution < -0.4 is 0 Å². The van der Waals surface area contributed by atoms with E-state index in [1.54, 1.807) is 4.68 Å². The molecule has 0 saturated carbocycles. The number of carbonyl (C=O) groups is 1. The molecule has 9 heteroatoms. The van der Waals surface area contributed by atoms with Crippen molar-refractivity contribution < 1.29 is 9.53 Å². The first kappa shape index (κ1) is 20.2. The van der Waals surface area contributed by atoms with Gasteiger partial charge in [0.15, 0.2) is 0 Å². The lowest BCUT2D eigenvalue weighted by Crippen LogP contribution is -2.09. The van der Waals surface area contributed by atoms with Crippen LogP contribution in [0, 0.1) is 13.8 Å². The second-order valence-electron chi connectivity index (χ2n) is 6.62. The largest absolute Gasteiger partial charge is 0.459 e. The first-order valence-corrected chi connectivity index (χ1v) is 11.1. The number of rotatable bonds is 7. The van der Waals surface area contributed by atoms with Gasteiger partial charge in [0, 0.05) is 10.9 Å². The van der Waals surface area contributed by atoms with Gasteiger partial charge in [-0.15, -0.1) is 16.4 Å². The fourth-order valence-corrected chi connectivity index (χ4v) is 4.27. The Hall–Kier alpha value is -3.04. The summed E-state index contributed by atoms with van der Waals surface area (Å²) in [5, 5.41) is 15.2. The summed E-state index contributed by atoms with van der Waals surface area (Å²) >= 11 is 2.77. The molecule has 0 unspecified atom stereocenters. The van der Waals surface area contributed by atoms with Crippen LogP contribution in [-0.4, -0.2) is 36.9 Å². The number of hydrogen-bond donors (Lipinski definition) is 0. The monoisotopic (exact) mass is 437 g/mol. The molecule has 0 aliphatic rings. The SMILES string of the molecule is Cc1ccc(C)c(-n2nnnc2SCC(=O)OCc2csc(-c3ccccc3)n2)c1. The molecule has 0 saturated heterocycles. The van der Waals surface area contributed by atoms with Crippen molar-refractivity contribution in [2.24, 2.45) is 0 Å². The maximum Gasteiger partial charge on any atom is 0.316 e. The van der Waals surface area contributed by atoms with E-state index in [4.69, 9.17) is 4.74 Å². The van der Waals surface area contributed by atoms with E-state index in [0.29, 0.717) is 5.16 Å². The highest BCUT2D eigenvalue weighted by molar-refractivity contribution is 7.99. The van der Waals surface area contributed by atoms with Crippen LogP contribution in [0.15, 0.2) is 59.1 Å². The van der Waals surface area contributed by atoms with Crippen molar-refractivity contribution in [2.75, 3.05) is 5.75 Å². The Balaban J connectivity index is 1.34. The van der Waals surface area contributed by atoms with Gasteiger partial charge in [0.1, 0.15) is 11.6 Å². The van der Waals surface area contributed by atoms with Gasteiger partial charge in [0.2, 0.25) is 5.16 Å². The van der Waals surface area contributed by atoms with Crippen LogP contribution in [0.1, 0.15) is 16.8 Å². The molecule has 0 fully saturated rings. The summed E-state index contributed by atoms with van der Waals surface area (Å²) in [7, 11) is 0. The molecule has 0 atom stereocenters. The Morgan fingerprint density at radius 3 is 2.83 bits per heavy atom. The van der Waals surface area contributed by atoms with Crippen molar-refractivity contribution in [1.82, 2.24) is 25.2 Å². The van der Waals surface area contributed by atoms with Crippen molar-refractivity contribution in [2.45, 2.75) is 25.6 Å². The second-order valence-corrected chi connectivity index (χ2v) is 8.42. The molecule has 0 spiro atoms. The first-order valence-electron chi connectivity index (χ1n) is 9.24. The predicted molar refractivity (Wildman–Crippen MR) is 117 cm³/mol. The van der Waals surface area contributed by atoms with Gasteiger partial charge in [-0.05, 0) is 41.5 Å². The van der Waals surface area contributed by atoms with Crippen LogP contribution in [0.3, 0.4) is 0 Å². The van der Waals surface area contributed by atoms with E-state index in [-0.39, 0.29) is 18.3 Å². The van der Waals surface area contributed by atoms with E-state index in [0.717, 1.165) is 33.1 Å². The predicted octanol–water partition coefficient (Wildman–Crippen LogP) is 4.24. The molecular weight excluding hydrogens is 418 g/mol. The van der Waals surface area contributed by atoms with Gasteiger partial charge >= 0.3 is 5.97 Å².